The third-order valence-electron chi connectivity index (χ3n) is 12.4. The molecule has 315 valence electrons. The SMILES string of the molecule is CC(C)C(C(=O)/C=C(\O)C(C(C)C)C(C)C)C(C)C.Cc1c(-c2ccc(C3CCC(C)(C)CC3)cc2)sc2c(-c3[c-]c4ccccc4c(C(C)(C)C)c3)ncnc12.[Ir]. The number of aryl methyl sites for hydroxylation is 1. The number of aliphatic hydroxyl groups is 1. The molecule has 4 nitrogen and oxygen atoms in total. The average Bonchev–Trinajstić information content (AvgIpc) is 3.46. The Bertz CT molecular complexity index is 2160. The number of allylic oxidation sites excluding steroid dienone is 2. The van der Waals surface area contributed by atoms with Crippen molar-refractivity contribution in [2.24, 2.45) is 40.9 Å². The zero-order valence-corrected chi connectivity index (χ0v) is 40.9. The molecule has 2 heterocycles. The maximum atomic E-state index is 12.3. The van der Waals surface area contributed by atoms with Gasteiger partial charge in [0.15, 0.2) is 5.78 Å². The molecule has 0 aliphatic heterocycles. The predicted octanol–water partition coefficient (Wildman–Crippen LogP) is 15.1. The van der Waals surface area contributed by atoms with E-state index in [0.29, 0.717) is 35.0 Å². The van der Waals surface area contributed by atoms with Gasteiger partial charge in [-0.2, -0.15) is 0 Å². The summed E-state index contributed by atoms with van der Waals surface area (Å²) in [4.78, 5) is 23.2. The molecule has 0 amide bonds. The fourth-order valence-electron chi connectivity index (χ4n) is 9.33. The Morgan fingerprint density at radius 1 is 0.862 bits per heavy atom. The smallest absolute Gasteiger partial charge is 0.162 e. The summed E-state index contributed by atoms with van der Waals surface area (Å²) < 4.78 is 1.14. The van der Waals surface area contributed by atoms with E-state index in [2.05, 4.69) is 158 Å². The van der Waals surface area contributed by atoms with E-state index in [1.165, 1.54) is 64.3 Å². The summed E-state index contributed by atoms with van der Waals surface area (Å²) in [7, 11) is 0. The first-order chi connectivity index (χ1) is 26.7. The summed E-state index contributed by atoms with van der Waals surface area (Å²) >= 11 is 1.81. The number of carbonyl (C=O) groups excluding carboxylic acids is 1. The van der Waals surface area contributed by atoms with Crippen LogP contribution in [0.5, 0.6) is 0 Å². The monoisotopic (exact) mass is 978 g/mol. The minimum absolute atomic E-state index is 0. The first-order valence-corrected chi connectivity index (χ1v) is 22.3. The van der Waals surface area contributed by atoms with Crippen LogP contribution in [-0.4, -0.2) is 20.9 Å². The zero-order valence-electron chi connectivity index (χ0n) is 37.7. The number of benzene rings is 3. The van der Waals surface area contributed by atoms with Gasteiger partial charge in [-0.25, -0.2) is 4.98 Å². The van der Waals surface area contributed by atoms with Crippen molar-refractivity contribution < 1.29 is 30.0 Å². The van der Waals surface area contributed by atoms with Crippen molar-refractivity contribution in [3.63, 3.8) is 0 Å². The quantitative estimate of drug-likeness (QED) is 0.0860. The summed E-state index contributed by atoms with van der Waals surface area (Å²) in [5.41, 5.74) is 8.91. The van der Waals surface area contributed by atoms with Gasteiger partial charge in [0.1, 0.15) is 6.33 Å². The van der Waals surface area contributed by atoms with Gasteiger partial charge in [0, 0.05) is 53.3 Å². The van der Waals surface area contributed by atoms with Gasteiger partial charge in [-0.05, 0) is 89.7 Å². The number of rotatable bonds is 10. The molecule has 1 radical (unpaired) electrons. The Labute approximate surface area is 368 Å². The van der Waals surface area contributed by atoms with E-state index in [9.17, 15) is 9.90 Å². The van der Waals surface area contributed by atoms with E-state index in [-0.39, 0.29) is 48.9 Å². The van der Waals surface area contributed by atoms with E-state index >= 15 is 0 Å². The molecule has 1 saturated carbocycles. The minimum atomic E-state index is -0.0119. The summed E-state index contributed by atoms with van der Waals surface area (Å²) in [6.45, 7) is 30.5. The molecule has 3 aromatic carbocycles. The van der Waals surface area contributed by atoms with E-state index in [4.69, 9.17) is 9.97 Å². The van der Waals surface area contributed by atoms with Gasteiger partial charge >= 0.3 is 0 Å². The third-order valence-corrected chi connectivity index (χ3v) is 13.7. The van der Waals surface area contributed by atoms with Gasteiger partial charge in [0.25, 0.3) is 0 Å². The molecule has 1 fully saturated rings. The number of aliphatic hydroxyl groups excluding tert-OH is 1. The van der Waals surface area contributed by atoms with Crippen molar-refractivity contribution in [2.45, 2.75) is 134 Å². The maximum Gasteiger partial charge on any atom is 0.162 e. The molecular formula is C52H69IrN2O2S-. The second-order valence-electron chi connectivity index (χ2n) is 19.9. The fourth-order valence-corrected chi connectivity index (χ4v) is 10.6. The molecular weight excluding hydrogens is 909 g/mol. The van der Waals surface area contributed by atoms with Crippen LogP contribution < -0.4 is 0 Å². The minimum Gasteiger partial charge on any atom is -0.512 e. The van der Waals surface area contributed by atoms with Gasteiger partial charge in [0.05, 0.1) is 11.3 Å². The third kappa shape index (κ3) is 10.9. The van der Waals surface area contributed by atoms with E-state index in [0.717, 1.165) is 26.9 Å². The number of carbonyl (C=O) groups is 1. The molecule has 0 bridgehead atoms. The Balaban J connectivity index is 0.000000319. The Morgan fingerprint density at radius 2 is 1.43 bits per heavy atom. The molecule has 0 spiro atoms. The van der Waals surface area contributed by atoms with Crippen LogP contribution in [0.3, 0.4) is 0 Å². The fraction of sp³-hybridized carbons (Fsp3) is 0.519. The Morgan fingerprint density at radius 3 is 1.98 bits per heavy atom. The van der Waals surface area contributed by atoms with Crippen LogP contribution in [0.4, 0.5) is 0 Å². The average molecular weight is 978 g/mol. The molecule has 0 unspecified atom stereocenters. The molecule has 0 atom stereocenters. The van der Waals surface area contributed by atoms with Gasteiger partial charge in [-0.3, -0.25) is 9.78 Å². The second kappa shape index (κ2) is 19.5. The normalized spacial score (nSPS) is 15.2. The number of ketones is 1. The second-order valence-corrected chi connectivity index (χ2v) is 20.9. The van der Waals surface area contributed by atoms with Crippen LogP contribution in [0.1, 0.15) is 138 Å². The molecule has 2 aromatic heterocycles. The van der Waals surface area contributed by atoms with Crippen molar-refractivity contribution in [1.82, 2.24) is 9.97 Å². The maximum absolute atomic E-state index is 12.3. The number of aromatic nitrogens is 2. The predicted molar refractivity (Wildman–Crippen MR) is 245 cm³/mol. The standard InChI is InChI=1S/C35H37N2S.C17H32O2.Ir/c1-22-30-33(38-32(22)25-13-11-23(12-14-25)24-15-17-35(5,6)18-16-24)31(37-21-36-30)27-19-26-9-7-8-10-28(26)29(20-27)34(2,3)4;1-10(2)16(11(3)4)14(18)9-15(19)17(12(5)6)13(7)8;/h7-14,20-21,24H,15-18H2,1-6H3;9-13,16-18H,1-8H3;/q-1;;/b;14-9-;. The van der Waals surface area contributed by atoms with E-state index in [1.54, 1.807) is 6.33 Å². The molecule has 1 aliphatic rings. The first-order valence-electron chi connectivity index (χ1n) is 21.4. The number of hydrogen-bond acceptors (Lipinski definition) is 5. The molecule has 0 saturated heterocycles. The topological polar surface area (TPSA) is 63.1 Å². The molecule has 6 heteroatoms. The molecule has 6 rings (SSSR count). The largest absolute Gasteiger partial charge is 0.512 e. The molecule has 58 heavy (non-hydrogen) atoms. The van der Waals surface area contributed by atoms with Gasteiger partial charge in [0.2, 0.25) is 0 Å². The van der Waals surface area contributed by atoms with Crippen LogP contribution in [-0.2, 0) is 30.3 Å². The number of thiophene rings is 1. The number of fused-ring (bicyclic) bond motifs is 2. The molecule has 1 N–H and O–H groups in total. The summed E-state index contributed by atoms with van der Waals surface area (Å²) in [5.74, 6) is 2.32. The summed E-state index contributed by atoms with van der Waals surface area (Å²) in [5, 5.41) is 12.7. The molecule has 5 aromatic rings. The van der Waals surface area contributed by atoms with Crippen molar-refractivity contribution in [2.75, 3.05) is 0 Å². The first kappa shape index (κ1) is 47.5. The molecule has 1 aliphatic carbocycles. The summed E-state index contributed by atoms with van der Waals surface area (Å²) in [6.07, 6.45) is 8.43. The van der Waals surface area contributed by atoms with Crippen LogP contribution in [0.15, 0.2) is 72.8 Å². The van der Waals surface area contributed by atoms with Crippen LogP contribution in [0, 0.1) is 53.9 Å². The van der Waals surface area contributed by atoms with Crippen molar-refractivity contribution in [3.8, 4) is 21.7 Å². The van der Waals surface area contributed by atoms with Crippen LogP contribution >= 0.6 is 11.3 Å². The number of nitrogens with zero attached hydrogens (tertiary/aromatic N) is 2. The Hall–Kier alpha value is -3.18. The van der Waals surface area contributed by atoms with E-state index in [1.807, 2.05) is 11.3 Å². The Kier molecular flexibility index (Phi) is 15.9. The van der Waals surface area contributed by atoms with Crippen molar-refractivity contribution in [3.05, 3.63) is 95.5 Å². The van der Waals surface area contributed by atoms with Gasteiger partial charge in [-0.15, -0.1) is 40.5 Å². The van der Waals surface area contributed by atoms with Gasteiger partial charge in [-0.1, -0.05) is 143 Å². The number of hydrogen-bond donors (Lipinski definition) is 1. The zero-order chi connectivity index (χ0) is 42.0. The van der Waals surface area contributed by atoms with Gasteiger partial charge < -0.3 is 5.11 Å². The van der Waals surface area contributed by atoms with Crippen molar-refractivity contribution >= 4 is 38.1 Å². The van der Waals surface area contributed by atoms with Crippen LogP contribution in [0.2, 0.25) is 0 Å². The summed E-state index contributed by atoms with van der Waals surface area (Å²) in [6, 6.07) is 23.9. The van der Waals surface area contributed by atoms with E-state index < -0.39 is 0 Å². The van der Waals surface area contributed by atoms with Crippen molar-refractivity contribution in [1.29, 1.82) is 0 Å². The van der Waals surface area contributed by atoms with Crippen LogP contribution in [0.25, 0.3) is 42.7 Å².